The fourth-order valence-electron chi connectivity index (χ4n) is 2.19. The van der Waals surface area contributed by atoms with Crippen molar-refractivity contribution < 1.29 is 9.59 Å². The van der Waals surface area contributed by atoms with Crippen molar-refractivity contribution in [2.24, 2.45) is 0 Å². The van der Waals surface area contributed by atoms with E-state index in [0.717, 1.165) is 23.4 Å². The van der Waals surface area contributed by atoms with Gasteiger partial charge in [0.05, 0.1) is 11.4 Å². The molecule has 1 aromatic carbocycles. The lowest BCUT2D eigenvalue weighted by Crippen LogP contribution is -2.28. The molecule has 17 heavy (non-hydrogen) atoms. The highest BCUT2D eigenvalue weighted by Crippen LogP contribution is 2.35. The molecule has 0 unspecified atom stereocenters. The second-order valence-electron chi connectivity index (χ2n) is 4.14. The molecular weight excluding hydrogens is 216 g/mol. The van der Waals surface area contributed by atoms with E-state index < -0.39 is 0 Å². The van der Waals surface area contributed by atoms with Crippen LogP contribution in [0.3, 0.4) is 0 Å². The van der Waals surface area contributed by atoms with Crippen LogP contribution >= 0.6 is 0 Å². The second-order valence-corrected chi connectivity index (χ2v) is 4.14. The second kappa shape index (κ2) is 4.57. The molecule has 1 aliphatic heterocycles. The van der Waals surface area contributed by atoms with E-state index in [1.807, 2.05) is 25.1 Å². The van der Waals surface area contributed by atoms with Gasteiger partial charge in [0.2, 0.25) is 11.8 Å². The van der Waals surface area contributed by atoms with Crippen LogP contribution in [0.1, 0.15) is 25.8 Å². The van der Waals surface area contributed by atoms with Crippen molar-refractivity contribution in [3.8, 4) is 0 Å². The van der Waals surface area contributed by atoms with Crippen molar-refractivity contribution in [2.75, 3.05) is 16.8 Å². The Kier molecular flexibility index (Phi) is 3.13. The van der Waals surface area contributed by atoms with Crippen molar-refractivity contribution in [1.29, 1.82) is 0 Å². The Morgan fingerprint density at radius 2 is 2.18 bits per heavy atom. The van der Waals surface area contributed by atoms with E-state index in [-0.39, 0.29) is 11.8 Å². The standard InChI is InChI=1S/C13H16N2O2/c1-3-12(17)15-8-7-10-5-4-6-11(13(10)15)14-9(2)16/h4-6H,3,7-8H2,1-2H3,(H,14,16). The van der Waals surface area contributed by atoms with Crippen LogP contribution in [0.2, 0.25) is 0 Å². The third-order valence-corrected chi connectivity index (χ3v) is 2.91. The number of hydrogen-bond acceptors (Lipinski definition) is 2. The van der Waals surface area contributed by atoms with Crippen molar-refractivity contribution in [3.63, 3.8) is 0 Å². The smallest absolute Gasteiger partial charge is 0.226 e. The molecule has 1 heterocycles. The number of hydrogen-bond donors (Lipinski definition) is 1. The minimum atomic E-state index is -0.116. The molecule has 0 radical (unpaired) electrons. The van der Waals surface area contributed by atoms with E-state index in [4.69, 9.17) is 0 Å². The van der Waals surface area contributed by atoms with Crippen molar-refractivity contribution >= 4 is 23.2 Å². The Bertz CT molecular complexity index is 468. The predicted octanol–water partition coefficient (Wildman–Crippen LogP) is 1.94. The van der Waals surface area contributed by atoms with Crippen LogP contribution in [0.25, 0.3) is 0 Å². The Labute approximate surface area is 101 Å². The molecule has 1 aliphatic rings. The lowest BCUT2D eigenvalue weighted by molar-refractivity contribution is -0.118. The molecule has 0 fully saturated rings. The van der Waals surface area contributed by atoms with Gasteiger partial charge in [0.1, 0.15) is 0 Å². The highest BCUT2D eigenvalue weighted by molar-refractivity contribution is 6.02. The molecule has 1 N–H and O–H groups in total. The number of amides is 2. The summed E-state index contributed by atoms with van der Waals surface area (Å²) in [4.78, 5) is 24.7. The first-order valence-electron chi connectivity index (χ1n) is 5.83. The highest BCUT2D eigenvalue weighted by atomic mass is 16.2. The zero-order chi connectivity index (χ0) is 12.4. The summed E-state index contributed by atoms with van der Waals surface area (Å²) in [5.41, 5.74) is 2.72. The van der Waals surface area contributed by atoms with Gasteiger partial charge >= 0.3 is 0 Å². The molecule has 4 heteroatoms. The van der Waals surface area contributed by atoms with E-state index in [9.17, 15) is 9.59 Å². The van der Waals surface area contributed by atoms with Crippen LogP contribution in [0.4, 0.5) is 11.4 Å². The van der Waals surface area contributed by atoms with E-state index in [1.165, 1.54) is 6.92 Å². The van der Waals surface area contributed by atoms with E-state index >= 15 is 0 Å². The third-order valence-electron chi connectivity index (χ3n) is 2.91. The fourth-order valence-corrected chi connectivity index (χ4v) is 2.19. The number of anilines is 2. The summed E-state index contributed by atoms with van der Waals surface area (Å²) < 4.78 is 0. The van der Waals surface area contributed by atoms with E-state index in [0.29, 0.717) is 13.0 Å². The number of carbonyl (C=O) groups excluding carboxylic acids is 2. The molecule has 0 atom stereocenters. The number of nitrogens with zero attached hydrogens (tertiary/aromatic N) is 1. The highest BCUT2D eigenvalue weighted by Gasteiger charge is 2.26. The van der Waals surface area contributed by atoms with Gasteiger partial charge in [-0.25, -0.2) is 0 Å². The minimum absolute atomic E-state index is 0.0987. The summed E-state index contributed by atoms with van der Waals surface area (Å²) in [5.74, 6) is -0.0178. The molecule has 4 nitrogen and oxygen atoms in total. The molecule has 1 aromatic rings. The van der Waals surface area contributed by atoms with Gasteiger partial charge in [-0.15, -0.1) is 0 Å². The summed E-state index contributed by atoms with van der Waals surface area (Å²) in [6.07, 6.45) is 1.34. The molecular formula is C13H16N2O2. The Hall–Kier alpha value is -1.84. The summed E-state index contributed by atoms with van der Waals surface area (Å²) in [7, 11) is 0. The summed E-state index contributed by atoms with van der Waals surface area (Å²) in [6.45, 7) is 4.03. The van der Waals surface area contributed by atoms with E-state index in [1.54, 1.807) is 4.90 Å². The quantitative estimate of drug-likeness (QED) is 0.847. The number of para-hydroxylation sites is 1. The van der Waals surface area contributed by atoms with Crippen LogP contribution in [-0.2, 0) is 16.0 Å². The van der Waals surface area contributed by atoms with Gasteiger partial charge < -0.3 is 10.2 Å². The molecule has 2 rings (SSSR count). The van der Waals surface area contributed by atoms with Crippen LogP contribution in [0.5, 0.6) is 0 Å². The molecule has 0 aliphatic carbocycles. The molecule has 0 aromatic heterocycles. The monoisotopic (exact) mass is 232 g/mol. The van der Waals surface area contributed by atoms with Crippen LogP contribution in [0.15, 0.2) is 18.2 Å². The van der Waals surface area contributed by atoms with Gasteiger partial charge in [-0.05, 0) is 18.1 Å². The van der Waals surface area contributed by atoms with E-state index in [2.05, 4.69) is 5.32 Å². The topological polar surface area (TPSA) is 49.4 Å². The zero-order valence-electron chi connectivity index (χ0n) is 10.1. The SMILES string of the molecule is CCC(=O)N1CCc2cccc(NC(C)=O)c21. The Balaban J connectivity index is 2.41. The molecule has 2 amide bonds. The maximum atomic E-state index is 11.8. The molecule has 0 saturated heterocycles. The first kappa shape index (κ1) is 11.6. The largest absolute Gasteiger partial charge is 0.325 e. The van der Waals surface area contributed by atoms with Crippen LogP contribution < -0.4 is 10.2 Å². The van der Waals surface area contributed by atoms with Crippen molar-refractivity contribution in [1.82, 2.24) is 0 Å². The first-order valence-corrected chi connectivity index (χ1v) is 5.83. The van der Waals surface area contributed by atoms with Crippen LogP contribution in [-0.4, -0.2) is 18.4 Å². The van der Waals surface area contributed by atoms with Gasteiger partial charge in [-0.2, -0.15) is 0 Å². The van der Waals surface area contributed by atoms with Crippen LogP contribution in [0, 0.1) is 0 Å². The van der Waals surface area contributed by atoms with Crippen molar-refractivity contribution in [3.05, 3.63) is 23.8 Å². The fraction of sp³-hybridized carbons (Fsp3) is 0.385. The molecule has 90 valence electrons. The molecule has 0 bridgehead atoms. The number of nitrogens with one attached hydrogen (secondary N) is 1. The maximum Gasteiger partial charge on any atom is 0.226 e. The number of rotatable bonds is 2. The normalized spacial score (nSPS) is 13.4. The predicted molar refractivity (Wildman–Crippen MR) is 67.1 cm³/mol. The summed E-state index contributed by atoms with van der Waals surface area (Å²) in [6, 6.07) is 5.75. The summed E-state index contributed by atoms with van der Waals surface area (Å²) in [5, 5.41) is 2.78. The summed E-state index contributed by atoms with van der Waals surface area (Å²) >= 11 is 0. The average Bonchev–Trinajstić information content (AvgIpc) is 2.72. The lowest BCUT2D eigenvalue weighted by atomic mass is 10.1. The number of carbonyl (C=O) groups is 2. The lowest BCUT2D eigenvalue weighted by Gasteiger charge is -2.19. The molecule has 0 spiro atoms. The molecule has 0 saturated carbocycles. The maximum absolute atomic E-state index is 11.8. The van der Waals surface area contributed by atoms with Gasteiger partial charge in [-0.1, -0.05) is 19.1 Å². The van der Waals surface area contributed by atoms with Gasteiger partial charge in [-0.3, -0.25) is 9.59 Å². The van der Waals surface area contributed by atoms with Crippen molar-refractivity contribution in [2.45, 2.75) is 26.7 Å². The number of benzene rings is 1. The Morgan fingerprint density at radius 3 is 2.82 bits per heavy atom. The third kappa shape index (κ3) is 2.16. The minimum Gasteiger partial charge on any atom is -0.325 e. The van der Waals surface area contributed by atoms with Gasteiger partial charge in [0.15, 0.2) is 0 Å². The Morgan fingerprint density at radius 1 is 1.41 bits per heavy atom. The van der Waals surface area contributed by atoms with Gasteiger partial charge in [0.25, 0.3) is 0 Å². The average molecular weight is 232 g/mol. The zero-order valence-corrected chi connectivity index (χ0v) is 10.1. The van der Waals surface area contributed by atoms with Gasteiger partial charge in [0, 0.05) is 19.9 Å². The number of fused-ring (bicyclic) bond motifs is 1. The first-order chi connectivity index (χ1) is 8.13.